The quantitative estimate of drug-likeness (QED) is 0.482. The predicted molar refractivity (Wildman–Crippen MR) is 107 cm³/mol. The molecule has 0 saturated carbocycles. The van der Waals surface area contributed by atoms with Crippen molar-refractivity contribution in [3.8, 4) is 22.2 Å². The number of carbonyl (C=O) groups excluding carboxylic acids is 1. The van der Waals surface area contributed by atoms with Crippen LogP contribution in [0.1, 0.15) is 15.9 Å². The Morgan fingerprint density at radius 3 is 2.67 bits per heavy atom. The molecule has 2 aromatic carbocycles. The molecule has 0 aliphatic rings. The number of aryl methyl sites for hydroxylation is 1. The van der Waals surface area contributed by atoms with Gasteiger partial charge in [0, 0.05) is 5.56 Å². The third kappa shape index (κ3) is 3.63. The zero-order valence-electron chi connectivity index (χ0n) is 14.3. The number of benzene rings is 2. The van der Waals surface area contributed by atoms with Crippen molar-refractivity contribution in [1.29, 1.82) is 0 Å². The van der Waals surface area contributed by atoms with Gasteiger partial charge in [0.25, 0.3) is 11.8 Å². The molecule has 7 heteroatoms. The van der Waals surface area contributed by atoms with Crippen molar-refractivity contribution in [3.63, 3.8) is 0 Å². The van der Waals surface area contributed by atoms with E-state index in [1.807, 2.05) is 36.6 Å². The number of anilines is 1. The SMILES string of the molecule is Cc1ccc(-c2noc(-c3sccc3NC(=O)c3ccccc3Cl)n2)cc1. The minimum Gasteiger partial charge on any atom is -0.333 e. The van der Waals surface area contributed by atoms with Crippen molar-refractivity contribution in [3.05, 3.63) is 76.1 Å². The highest BCUT2D eigenvalue weighted by Gasteiger charge is 2.18. The lowest BCUT2D eigenvalue weighted by molar-refractivity contribution is 0.102. The van der Waals surface area contributed by atoms with E-state index in [0.29, 0.717) is 32.9 Å². The van der Waals surface area contributed by atoms with E-state index < -0.39 is 0 Å². The number of carbonyl (C=O) groups is 1. The van der Waals surface area contributed by atoms with Gasteiger partial charge in [0.05, 0.1) is 16.3 Å². The standard InChI is InChI=1S/C20H14ClN3O2S/c1-12-6-8-13(9-7-12)18-23-20(26-24-18)17-16(10-11-27-17)22-19(25)14-4-2-3-5-15(14)21/h2-11H,1H3,(H,22,25). The highest BCUT2D eigenvalue weighted by Crippen LogP contribution is 2.34. The Bertz CT molecular complexity index is 1100. The maximum absolute atomic E-state index is 12.5. The average molecular weight is 396 g/mol. The zero-order chi connectivity index (χ0) is 18.8. The zero-order valence-corrected chi connectivity index (χ0v) is 15.8. The Morgan fingerprint density at radius 2 is 1.89 bits per heavy atom. The van der Waals surface area contributed by atoms with E-state index in [9.17, 15) is 4.79 Å². The number of hydrogen-bond donors (Lipinski definition) is 1. The number of nitrogens with one attached hydrogen (secondary N) is 1. The normalized spacial score (nSPS) is 10.7. The first kappa shape index (κ1) is 17.5. The maximum atomic E-state index is 12.5. The summed E-state index contributed by atoms with van der Waals surface area (Å²) in [6.45, 7) is 2.02. The predicted octanol–water partition coefficient (Wildman–Crippen LogP) is 5.68. The number of aromatic nitrogens is 2. The summed E-state index contributed by atoms with van der Waals surface area (Å²) in [7, 11) is 0. The van der Waals surface area contributed by atoms with Gasteiger partial charge in [0.15, 0.2) is 0 Å². The molecule has 0 radical (unpaired) electrons. The van der Waals surface area contributed by atoms with E-state index in [2.05, 4.69) is 15.5 Å². The molecule has 0 aliphatic carbocycles. The van der Waals surface area contributed by atoms with Gasteiger partial charge < -0.3 is 9.84 Å². The summed E-state index contributed by atoms with van der Waals surface area (Å²) in [5, 5.41) is 9.16. The van der Waals surface area contributed by atoms with Crippen LogP contribution in [0.2, 0.25) is 5.02 Å². The summed E-state index contributed by atoms with van der Waals surface area (Å²) in [6.07, 6.45) is 0. The van der Waals surface area contributed by atoms with Gasteiger partial charge in [0.2, 0.25) is 5.82 Å². The average Bonchev–Trinajstić information content (AvgIpc) is 3.32. The summed E-state index contributed by atoms with van der Waals surface area (Å²) < 4.78 is 5.42. The Labute approximate surface area is 164 Å². The van der Waals surface area contributed by atoms with Gasteiger partial charge in [-0.05, 0) is 30.5 Å². The molecule has 2 heterocycles. The first-order valence-corrected chi connectivity index (χ1v) is 9.42. The molecule has 0 bridgehead atoms. The van der Waals surface area contributed by atoms with Crippen molar-refractivity contribution in [1.82, 2.24) is 10.1 Å². The van der Waals surface area contributed by atoms with Gasteiger partial charge >= 0.3 is 0 Å². The van der Waals surface area contributed by atoms with Crippen molar-refractivity contribution in [2.75, 3.05) is 5.32 Å². The monoisotopic (exact) mass is 395 g/mol. The summed E-state index contributed by atoms with van der Waals surface area (Å²) in [4.78, 5) is 17.7. The van der Waals surface area contributed by atoms with E-state index in [-0.39, 0.29) is 5.91 Å². The maximum Gasteiger partial charge on any atom is 0.270 e. The fourth-order valence-corrected chi connectivity index (χ4v) is 3.54. The largest absolute Gasteiger partial charge is 0.333 e. The Balaban J connectivity index is 1.60. The molecule has 4 aromatic rings. The fourth-order valence-electron chi connectivity index (χ4n) is 2.54. The number of amides is 1. The van der Waals surface area contributed by atoms with Crippen LogP contribution < -0.4 is 5.32 Å². The summed E-state index contributed by atoms with van der Waals surface area (Å²) in [6, 6.07) is 16.6. The van der Waals surface area contributed by atoms with Gasteiger partial charge in [0.1, 0.15) is 4.88 Å². The molecule has 27 heavy (non-hydrogen) atoms. The minimum absolute atomic E-state index is 0.293. The third-order valence-corrected chi connectivity index (χ3v) is 5.19. The van der Waals surface area contributed by atoms with Gasteiger partial charge in [-0.15, -0.1) is 11.3 Å². The molecule has 4 rings (SSSR count). The van der Waals surface area contributed by atoms with E-state index in [1.54, 1.807) is 30.3 Å². The minimum atomic E-state index is -0.293. The lowest BCUT2D eigenvalue weighted by Gasteiger charge is -2.06. The number of hydrogen-bond acceptors (Lipinski definition) is 5. The van der Waals surface area contributed by atoms with Gasteiger partial charge in [-0.2, -0.15) is 4.98 Å². The molecule has 0 saturated heterocycles. The molecule has 0 spiro atoms. The number of thiophene rings is 1. The van der Waals surface area contributed by atoms with Gasteiger partial charge in [-0.1, -0.05) is 58.7 Å². The van der Waals surface area contributed by atoms with Crippen LogP contribution in [0.4, 0.5) is 5.69 Å². The number of rotatable bonds is 4. The molecule has 5 nitrogen and oxygen atoms in total. The van der Waals surface area contributed by atoms with E-state index >= 15 is 0 Å². The second-order valence-electron chi connectivity index (χ2n) is 5.89. The third-order valence-electron chi connectivity index (χ3n) is 3.96. The van der Waals surface area contributed by atoms with Crippen molar-refractivity contribution in [2.24, 2.45) is 0 Å². The van der Waals surface area contributed by atoms with Crippen LogP contribution >= 0.6 is 22.9 Å². The van der Waals surface area contributed by atoms with Crippen LogP contribution in [0.3, 0.4) is 0 Å². The highest BCUT2D eigenvalue weighted by molar-refractivity contribution is 7.14. The Kier molecular flexibility index (Phi) is 4.75. The number of halogens is 1. The first-order valence-electron chi connectivity index (χ1n) is 8.16. The second kappa shape index (κ2) is 7.34. The lowest BCUT2D eigenvalue weighted by atomic mass is 10.1. The molecule has 0 fully saturated rings. The molecule has 0 aliphatic heterocycles. The molecule has 134 valence electrons. The van der Waals surface area contributed by atoms with Crippen LogP contribution in [-0.4, -0.2) is 16.0 Å². The van der Waals surface area contributed by atoms with Crippen LogP contribution in [0.5, 0.6) is 0 Å². The smallest absolute Gasteiger partial charge is 0.270 e. The number of nitrogens with zero attached hydrogens (tertiary/aromatic N) is 2. The molecule has 1 amide bonds. The Hall–Kier alpha value is -2.96. The molecule has 0 unspecified atom stereocenters. The topological polar surface area (TPSA) is 68.0 Å². The van der Waals surface area contributed by atoms with Crippen molar-refractivity contribution in [2.45, 2.75) is 6.92 Å². The summed E-state index contributed by atoms with van der Waals surface area (Å²) in [5.41, 5.74) is 3.03. The molecular formula is C20H14ClN3O2S. The molecular weight excluding hydrogens is 382 g/mol. The first-order chi connectivity index (χ1) is 13.1. The van der Waals surface area contributed by atoms with Crippen molar-refractivity contribution >= 4 is 34.5 Å². The fraction of sp³-hybridized carbons (Fsp3) is 0.0500. The van der Waals surface area contributed by atoms with Crippen LogP contribution in [-0.2, 0) is 0 Å². The molecule has 1 N–H and O–H groups in total. The van der Waals surface area contributed by atoms with Crippen LogP contribution in [0.15, 0.2) is 64.5 Å². The second-order valence-corrected chi connectivity index (χ2v) is 7.21. The van der Waals surface area contributed by atoms with Gasteiger partial charge in [-0.3, -0.25) is 4.79 Å². The summed E-state index contributed by atoms with van der Waals surface area (Å²) >= 11 is 7.51. The van der Waals surface area contributed by atoms with E-state index in [0.717, 1.165) is 11.1 Å². The lowest BCUT2D eigenvalue weighted by Crippen LogP contribution is -2.12. The molecule has 2 aromatic heterocycles. The Morgan fingerprint density at radius 1 is 1.11 bits per heavy atom. The van der Waals surface area contributed by atoms with E-state index in [1.165, 1.54) is 11.3 Å². The molecule has 0 atom stereocenters. The van der Waals surface area contributed by atoms with Crippen LogP contribution in [0, 0.1) is 6.92 Å². The van der Waals surface area contributed by atoms with Gasteiger partial charge in [-0.25, -0.2) is 0 Å². The van der Waals surface area contributed by atoms with E-state index in [4.69, 9.17) is 16.1 Å². The van der Waals surface area contributed by atoms with Crippen LogP contribution in [0.25, 0.3) is 22.2 Å². The highest BCUT2D eigenvalue weighted by atomic mass is 35.5. The summed E-state index contributed by atoms with van der Waals surface area (Å²) in [5.74, 6) is 0.565. The van der Waals surface area contributed by atoms with Crippen molar-refractivity contribution < 1.29 is 9.32 Å².